The third kappa shape index (κ3) is 4.08. The van der Waals surface area contributed by atoms with Gasteiger partial charge in [0.25, 0.3) is 0 Å². The van der Waals surface area contributed by atoms with Gasteiger partial charge in [-0.15, -0.1) is 0 Å². The monoisotopic (exact) mass is 475 g/mol. The molecule has 1 amide bonds. The summed E-state index contributed by atoms with van der Waals surface area (Å²) in [5.41, 5.74) is 10.6. The second-order valence-electron chi connectivity index (χ2n) is 7.83. The molecule has 1 heterocycles. The highest BCUT2D eigenvalue weighted by atomic mass is 35.5. The number of rotatable bonds is 6. The molecule has 0 aliphatic carbocycles. The van der Waals surface area contributed by atoms with E-state index in [-0.39, 0.29) is 5.75 Å². The topological polar surface area (TPSA) is 57.2 Å². The molecule has 34 heavy (non-hydrogen) atoms. The quantitative estimate of drug-likeness (QED) is 0.298. The van der Waals surface area contributed by atoms with Crippen LogP contribution in [0.1, 0.15) is 15.9 Å². The van der Waals surface area contributed by atoms with Gasteiger partial charge >= 0.3 is 6.61 Å². The van der Waals surface area contributed by atoms with Crippen molar-refractivity contribution in [3.63, 3.8) is 0 Å². The highest BCUT2D eigenvalue weighted by Crippen LogP contribution is 2.35. The minimum Gasteiger partial charge on any atom is -0.435 e. The van der Waals surface area contributed by atoms with E-state index in [0.717, 1.165) is 38.5 Å². The fraction of sp³-hybridized carbons (Fsp3) is 0.0741. The van der Waals surface area contributed by atoms with Gasteiger partial charge in [0.15, 0.2) is 0 Å². The van der Waals surface area contributed by atoms with E-state index in [2.05, 4.69) is 15.4 Å². The summed E-state index contributed by atoms with van der Waals surface area (Å²) in [5, 5.41) is 2.15. The lowest BCUT2D eigenvalue weighted by molar-refractivity contribution is -0.0498. The van der Waals surface area contributed by atoms with Crippen molar-refractivity contribution in [2.45, 2.75) is 13.2 Å². The molecule has 0 atom stereocenters. The molecule has 5 rings (SSSR count). The Kier molecular flexibility index (Phi) is 5.67. The predicted octanol–water partition coefficient (Wildman–Crippen LogP) is 6.66. The molecule has 2 N–H and O–H groups in total. The van der Waals surface area contributed by atoms with E-state index in [1.807, 2.05) is 42.5 Å². The number of hydrogen-bond acceptors (Lipinski definition) is 2. The van der Waals surface area contributed by atoms with Gasteiger partial charge in [0.05, 0.1) is 11.0 Å². The molecular weight excluding hydrogens is 458 g/mol. The Morgan fingerprint density at radius 2 is 1.74 bits per heavy atom. The smallest absolute Gasteiger partial charge is 0.387 e. The first kappa shape index (κ1) is 21.9. The van der Waals surface area contributed by atoms with Gasteiger partial charge in [-0.25, -0.2) is 0 Å². The van der Waals surface area contributed by atoms with Crippen LogP contribution in [-0.4, -0.2) is 17.1 Å². The Hall–Kier alpha value is -3.90. The average Bonchev–Trinajstić information content (AvgIpc) is 3.13. The van der Waals surface area contributed by atoms with Gasteiger partial charge in [-0.1, -0.05) is 41.9 Å². The van der Waals surface area contributed by atoms with Crippen molar-refractivity contribution in [1.82, 2.24) is 4.57 Å². The number of hydrogen-bond donors (Lipinski definition) is 1. The molecule has 0 bridgehead atoms. The van der Waals surface area contributed by atoms with Gasteiger partial charge in [-0.05, 0) is 71.3 Å². The lowest BCUT2D eigenvalue weighted by atomic mass is 10.0. The Labute approximate surface area is 199 Å². The van der Waals surface area contributed by atoms with Gasteiger partial charge in [-0.2, -0.15) is 8.78 Å². The number of primary amides is 1. The molecule has 5 aromatic rings. The van der Waals surface area contributed by atoms with Crippen LogP contribution in [0.4, 0.5) is 8.78 Å². The van der Waals surface area contributed by atoms with Crippen LogP contribution in [0.25, 0.3) is 32.9 Å². The number of amides is 1. The lowest BCUT2D eigenvalue weighted by Crippen LogP contribution is -2.11. The number of fused-ring (bicyclic) bond motifs is 3. The second-order valence-corrected chi connectivity index (χ2v) is 8.26. The molecule has 1 radical (unpaired) electrons. The first-order valence-electron chi connectivity index (χ1n) is 10.5. The molecule has 0 saturated heterocycles. The highest BCUT2D eigenvalue weighted by Gasteiger charge is 2.17. The van der Waals surface area contributed by atoms with Gasteiger partial charge in [0.1, 0.15) is 5.75 Å². The van der Waals surface area contributed by atoms with Crippen molar-refractivity contribution in [2.24, 2.45) is 5.73 Å². The summed E-state index contributed by atoms with van der Waals surface area (Å²) >= 11 is 6.04. The van der Waals surface area contributed by atoms with Crippen LogP contribution >= 0.6 is 11.6 Å². The number of nitrogens with zero attached hydrogens (tertiary/aromatic N) is 1. The Morgan fingerprint density at radius 3 is 2.41 bits per heavy atom. The lowest BCUT2D eigenvalue weighted by Gasteiger charge is -2.10. The van der Waals surface area contributed by atoms with Crippen LogP contribution in [0, 0.1) is 6.07 Å². The Bertz CT molecular complexity index is 1510. The minimum absolute atomic E-state index is 0.0929. The average molecular weight is 476 g/mol. The third-order valence-corrected chi connectivity index (χ3v) is 5.98. The van der Waals surface area contributed by atoms with Gasteiger partial charge in [0, 0.05) is 27.9 Å². The molecule has 1 aromatic heterocycles. The predicted molar refractivity (Wildman–Crippen MR) is 129 cm³/mol. The number of carbonyl (C=O) groups excluding carboxylic acids is 1. The van der Waals surface area contributed by atoms with Crippen LogP contribution in [0.3, 0.4) is 0 Å². The van der Waals surface area contributed by atoms with Crippen LogP contribution in [0.2, 0.25) is 5.02 Å². The first-order chi connectivity index (χ1) is 16.4. The number of alkyl halides is 2. The number of nitrogens with two attached hydrogens (primary N) is 1. The standard InChI is InChI=1S/C27H18ClF2N2O2/c28-19-9-6-17(7-10-19)18-8-13-21-24(14-18)32(23-3-1-2-22(25(21)23)26(31)33)15-16-4-11-20(12-5-16)34-27(29)30/h1-12,14,27H,15H2,(H2,31,33). The molecule has 4 aromatic carbocycles. The van der Waals surface area contributed by atoms with Crippen LogP contribution < -0.4 is 10.5 Å². The summed E-state index contributed by atoms with van der Waals surface area (Å²) in [6.45, 7) is -2.44. The number of halogens is 3. The second kappa shape index (κ2) is 8.80. The molecule has 0 saturated carbocycles. The fourth-order valence-corrected chi connectivity index (χ4v) is 4.33. The zero-order chi connectivity index (χ0) is 23.8. The van der Waals surface area contributed by atoms with Crippen LogP contribution in [-0.2, 0) is 6.54 Å². The van der Waals surface area contributed by atoms with E-state index in [4.69, 9.17) is 17.3 Å². The number of carbonyl (C=O) groups is 1. The molecule has 4 nitrogen and oxygen atoms in total. The maximum atomic E-state index is 12.5. The molecule has 0 spiro atoms. The number of ether oxygens (including phenoxy) is 1. The van der Waals surface area contributed by atoms with E-state index in [0.29, 0.717) is 17.1 Å². The van der Waals surface area contributed by atoms with E-state index in [9.17, 15) is 13.6 Å². The third-order valence-electron chi connectivity index (χ3n) is 5.73. The molecule has 0 aliphatic rings. The fourth-order valence-electron chi connectivity index (χ4n) is 4.20. The van der Waals surface area contributed by atoms with E-state index >= 15 is 0 Å². The molecule has 0 unspecified atom stereocenters. The van der Waals surface area contributed by atoms with E-state index < -0.39 is 12.5 Å². The molecular formula is C27H18ClF2N2O2. The normalized spacial score (nSPS) is 11.4. The van der Waals surface area contributed by atoms with Gasteiger partial charge in [-0.3, -0.25) is 4.79 Å². The van der Waals surface area contributed by atoms with E-state index in [1.54, 1.807) is 24.3 Å². The SMILES string of the molecule is NC(=O)c1cccc2c1c1[c]cc(-c3ccc(Cl)cc3)cc1n2Cc1ccc(OC(F)F)cc1. The van der Waals surface area contributed by atoms with Crippen molar-refractivity contribution in [1.29, 1.82) is 0 Å². The molecule has 169 valence electrons. The van der Waals surface area contributed by atoms with Gasteiger partial charge in [0.2, 0.25) is 5.91 Å². The van der Waals surface area contributed by atoms with Crippen LogP contribution in [0.5, 0.6) is 5.75 Å². The largest absolute Gasteiger partial charge is 0.435 e. The summed E-state index contributed by atoms with van der Waals surface area (Å²) in [6, 6.07) is 26.7. The van der Waals surface area contributed by atoms with Crippen LogP contribution in [0.15, 0.2) is 78.9 Å². The highest BCUT2D eigenvalue weighted by molar-refractivity contribution is 6.30. The zero-order valence-electron chi connectivity index (χ0n) is 17.8. The van der Waals surface area contributed by atoms with Crippen molar-refractivity contribution in [3.8, 4) is 16.9 Å². The summed E-state index contributed by atoms with van der Waals surface area (Å²) in [6.07, 6.45) is 0. The number of aromatic nitrogens is 1. The molecule has 0 fully saturated rings. The Morgan fingerprint density at radius 1 is 1.00 bits per heavy atom. The van der Waals surface area contributed by atoms with E-state index in [1.165, 1.54) is 12.1 Å². The molecule has 0 aliphatic heterocycles. The van der Waals surface area contributed by atoms with Gasteiger partial charge < -0.3 is 15.0 Å². The summed E-state index contributed by atoms with van der Waals surface area (Å²) in [7, 11) is 0. The summed E-state index contributed by atoms with van der Waals surface area (Å²) in [4.78, 5) is 12.2. The summed E-state index contributed by atoms with van der Waals surface area (Å²) < 4.78 is 31.5. The number of benzene rings is 4. The molecule has 7 heteroatoms. The van der Waals surface area contributed by atoms with Crippen molar-refractivity contribution >= 4 is 39.3 Å². The van der Waals surface area contributed by atoms with Crippen molar-refractivity contribution in [3.05, 3.63) is 101 Å². The maximum Gasteiger partial charge on any atom is 0.387 e. The maximum absolute atomic E-state index is 12.5. The minimum atomic E-state index is -2.88. The first-order valence-corrected chi connectivity index (χ1v) is 10.8. The summed E-state index contributed by atoms with van der Waals surface area (Å²) in [5.74, 6) is -0.427. The van der Waals surface area contributed by atoms with Crippen molar-refractivity contribution in [2.75, 3.05) is 0 Å². The Balaban J connectivity index is 1.68. The zero-order valence-corrected chi connectivity index (χ0v) is 18.5. The van der Waals surface area contributed by atoms with Crippen molar-refractivity contribution < 1.29 is 18.3 Å².